The predicted molar refractivity (Wildman–Crippen MR) is 70.3 cm³/mol. The molecular weight excluding hydrogens is 230 g/mol. The molecule has 5 nitrogen and oxygen atoms in total. The smallest absolute Gasteiger partial charge is 0.270 e. The van der Waals surface area contributed by atoms with E-state index in [0.29, 0.717) is 11.4 Å². The minimum Gasteiger partial charge on any atom is -0.398 e. The molecule has 0 spiro atoms. The quantitative estimate of drug-likeness (QED) is 0.699. The molecule has 0 bridgehead atoms. The third kappa shape index (κ3) is 2.12. The van der Waals surface area contributed by atoms with E-state index in [9.17, 15) is 4.79 Å². The molecule has 0 radical (unpaired) electrons. The number of nitrogens with zero attached hydrogens (tertiary/aromatic N) is 1. The maximum absolute atomic E-state index is 12.0. The van der Waals surface area contributed by atoms with E-state index in [4.69, 9.17) is 10.8 Å². The molecule has 1 aromatic carbocycles. The summed E-state index contributed by atoms with van der Waals surface area (Å²) in [5.41, 5.74) is 7.80. The number of aromatic nitrogens is 1. The van der Waals surface area contributed by atoms with Crippen molar-refractivity contribution in [1.29, 1.82) is 0 Å². The Kier molecular flexibility index (Phi) is 3.43. The standard InChI is InChI=1S/C13H15N3O2/c1-8-2-3-10(14)9-4-5-15-12(11(8)9)13(18)16-6-7-17/h2-5,17H,6-7,14H2,1H3,(H,16,18). The molecule has 0 aliphatic carbocycles. The van der Waals surface area contributed by atoms with Crippen molar-refractivity contribution in [2.24, 2.45) is 0 Å². The molecule has 18 heavy (non-hydrogen) atoms. The zero-order chi connectivity index (χ0) is 13.1. The Labute approximate surface area is 105 Å². The van der Waals surface area contributed by atoms with Crippen molar-refractivity contribution in [3.63, 3.8) is 0 Å². The fourth-order valence-electron chi connectivity index (χ4n) is 1.91. The second-order valence-electron chi connectivity index (χ2n) is 4.03. The minimum absolute atomic E-state index is 0.0996. The second kappa shape index (κ2) is 5.01. The Morgan fingerprint density at radius 2 is 2.22 bits per heavy atom. The van der Waals surface area contributed by atoms with Gasteiger partial charge < -0.3 is 16.2 Å². The monoisotopic (exact) mass is 245 g/mol. The molecule has 0 fully saturated rings. The van der Waals surface area contributed by atoms with Crippen LogP contribution in [0.25, 0.3) is 10.8 Å². The van der Waals surface area contributed by atoms with Gasteiger partial charge in [0, 0.05) is 29.2 Å². The predicted octanol–water partition coefficient (Wildman–Crippen LogP) is 0.848. The molecule has 4 N–H and O–H groups in total. The number of anilines is 1. The number of carbonyl (C=O) groups is 1. The Hall–Kier alpha value is -2.14. The number of amides is 1. The van der Waals surface area contributed by atoms with E-state index < -0.39 is 0 Å². The van der Waals surface area contributed by atoms with E-state index in [1.165, 1.54) is 0 Å². The Balaban J connectivity index is 2.58. The van der Waals surface area contributed by atoms with E-state index in [2.05, 4.69) is 10.3 Å². The zero-order valence-electron chi connectivity index (χ0n) is 10.1. The van der Waals surface area contributed by atoms with Crippen LogP contribution >= 0.6 is 0 Å². The van der Waals surface area contributed by atoms with Crippen LogP contribution in [0.2, 0.25) is 0 Å². The number of pyridine rings is 1. The Morgan fingerprint density at radius 1 is 1.44 bits per heavy atom. The lowest BCUT2D eigenvalue weighted by Crippen LogP contribution is -2.27. The van der Waals surface area contributed by atoms with Gasteiger partial charge >= 0.3 is 0 Å². The number of fused-ring (bicyclic) bond motifs is 1. The van der Waals surface area contributed by atoms with Crippen LogP contribution in [-0.2, 0) is 0 Å². The number of aliphatic hydroxyl groups is 1. The number of benzene rings is 1. The van der Waals surface area contributed by atoms with Crippen LogP contribution in [0.5, 0.6) is 0 Å². The molecule has 0 atom stereocenters. The lowest BCUT2D eigenvalue weighted by Gasteiger charge is -2.10. The normalized spacial score (nSPS) is 10.6. The highest BCUT2D eigenvalue weighted by molar-refractivity contribution is 6.09. The maximum atomic E-state index is 12.0. The van der Waals surface area contributed by atoms with Crippen molar-refractivity contribution in [1.82, 2.24) is 10.3 Å². The number of rotatable bonds is 3. The third-order valence-corrected chi connectivity index (χ3v) is 2.78. The fourth-order valence-corrected chi connectivity index (χ4v) is 1.91. The third-order valence-electron chi connectivity index (χ3n) is 2.78. The van der Waals surface area contributed by atoms with Crippen LogP contribution in [0, 0.1) is 6.92 Å². The van der Waals surface area contributed by atoms with Gasteiger partial charge in [-0.3, -0.25) is 9.78 Å². The highest BCUT2D eigenvalue weighted by Gasteiger charge is 2.13. The van der Waals surface area contributed by atoms with Gasteiger partial charge in [-0.05, 0) is 24.6 Å². The van der Waals surface area contributed by atoms with Crippen molar-refractivity contribution in [3.05, 3.63) is 35.7 Å². The van der Waals surface area contributed by atoms with Crippen LogP contribution in [-0.4, -0.2) is 29.1 Å². The minimum atomic E-state index is -0.302. The van der Waals surface area contributed by atoms with E-state index in [-0.39, 0.29) is 19.1 Å². The summed E-state index contributed by atoms with van der Waals surface area (Å²) in [5, 5.41) is 12.9. The first-order chi connectivity index (χ1) is 8.65. The summed E-state index contributed by atoms with van der Waals surface area (Å²) >= 11 is 0. The number of nitrogens with two attached hydrogens (primary N) is 1. The lowest BCUT2D eigenvalue weighted by molar-refractivity contribution is 0.0941. The van der Waals surface area contributed by atoms with Crippen molar-refractivity contribution in [2.45, 2.75) is 6.92 Å². The summed E-state index contributed by atoms with van der Waals surface area (Å²) in [6.07, 6.45) is 1.56. The molecule has 0 saturated heterocycles. The molecule has 2 rings (SSSR count). The maximum Gasteiger partial charge on any atom is 0.270 e. The van der Waals surface area contributed by atoms with Gasteiger partial charge in [-0.1, -0.05) is 6.07 Å². The number of carbonyl (C=O) groups excluding carboxylic acids is 1. The lowest BCUT2D eigenvalue weighted by atomic mass is 10.0. The van der Waals surface area contributed by atoms with Gasteiger partial charge in [0.15, 0.2) is 0 Å². The first-order valence-electron chi connectivity index (χ1n) is 5.68. The summed E-state index contributed by atoms with van der Waals surface area (Å²) < 4.78 is 0. The number of nitrogen functional groups attached to an aromatic ring is 1. The molecule has 94 valence electrons. The molecule has 5 heteroatoms. The highest BCUT2D eigenvalue weighted by atomic mass is 16.3. The first-order valence-corrected chi connectivity index (χ1v) is 5.68. The number of nitrogens with one attached hydrogen (secondary N) is 1. The SMILES string of the molecule is Cc1ccc(N)c2ccnc(C(=O)NCCO)c12. The number of hydrogen-bond donors (Lipinski definition) is 3. The Morgan fingerprint density at radius 3 is 2.94 bits per heavy atom. The molecule has 1 aromatic heterocycles. The molecule has 0 saturated carbocycles. The number of aryl methyl sites for hydroxylation is 1. The van der Waals surface area contributed by atoms with Gasteiger partial charge in [-0.2, -0.15) is 0 Å². The summed E-state index contributed by atoms with van der Waals surface area (Å²) in [5.74, 6) is -0.302. The Bertz CT molecular complexity index is 596. The van der Waals surface area contributed by atoms with E-state index in [1.54, 1.807) is 12.3 Å². The summed E-state index contributed by atoms with van der Waals surface area (Å²) in [6.45, 7) is 2.02. The molecule has 0 aliphatic heterocycles. The van der Waals surface area contributed by atoms with Gasteiger partial charge in [-0.15, -0.1) is 0 Å². The van der Waals surface area contributed by atoms with Gasteiger partial charge in [-0.25, -0.2) is 0 Å². The highest BCUT2D eigenvalue weighted by Crippen LogP contribution is 2.26. The molecule has 1 amide bonds. The zero-order valence-corrected chi connectivity index (χ0v) is 10.1. The molecule has 0 unspecified atom stereocenters. The van der Waals surface area contributed by atoms with Gasteiger partial charge in [0.1, 0.15) is 5.69 Å². The molecule has 1 heterocycles. The van der Waals surface area contributed by atoms with E-state index in [0.717, 1.165) is 16.3 Å². The van der Waals surface area contributed by atoms with Crippen LogP contribution in [0.3, 0.4) is 0 Å². The second-order valence-corrected chi connectivity index (χ2v) is 4.03. The van der Waals surface area contributed by atoms with Crippen molar-refractivity contribution in [2.75, 3.05) is 18.9 Å². The van der Waals surface area contributed by atoms with Gasteiger partial charge in [0.25, 0.3) is 5.91 Å². The summed E-state index contributed by atoms with van der Waals surface area (Å²) in [6, 6.07) is 5.47. The van der Waals surface area contributed by atoms with Crippen LogP contribution in [0.15, 0.2) is 24.4 Å². The van der Waals surface area contributed by atoms with Crippen LogP contribution < -0.4 is 11.1 Å². The molecule has 2 aromatic rings. The summed E-state index contributed by atoms with van der Waals surface area (Å²) in [7, 11) is 0. The van der Waals surface area contributed by atoms with Gasteiger partial charge in [0.05, 0.1) is 6.61 Å². The number of hydrogen-bond acceptors (Lipinski definition) is 4. The largest absolute Gasteiger partial charge is 0.398 e. The average Bonchev–Trinajstić information content (AvgIpc) is 2.39. The average molecular weight is 245 g/mol. The van der Waals surface area contributed by atoms with Crippen molar-refractivity contribution in [3.8, 4) is 0 Å². The topological polar surface area (TPSA) is 88.2 Å². The van der Waals surface area contributed by atoms with Gasteiger partial charge in [0.2, 0.25) is 0 Å². The van der Waals surface area contributed by atoms with Crippen molar-refractivity contribution >= 4 is 22.4 Å². The molecular formula is C13H15N3O2. The van der Waals surface area contributed by atoms with Crippen molar-refractivity contribution < 1.29 is 9.90 Å². The van der Waals surface area contributed by atoms with E-state index >= 15 is 0 Å². The fraction of sp³-hybridized carbons (Fsp3) is 0.231. The number of aliphatic hydroxyl groups excluding tert-OH is 1. The first kappa shape index (κ1) is 12.3. The van der Waals surface area contributed by atoms with Crippen LogP contribution in [0.1, 0.15) is 16.1 Å². The summed E-state index contributed by atoms with van der Waals surface area (Å²) in [4.78, 5) is 16.1. The van der Waals surface area contributed by atoms with E-state index in [1.807, 2.05) is 19.1 Å². The van der Waals surface area contributed by atoms with Crippen LogP contribution in [0.4, 0.5) is 5.69 Å². The molecule has 0 aliphatic rings.